The Balaban J connectivity index is 1.49. The van der Waals surface area contributed by atoms with Crippen LogP contribution < -0.4 is 10.2 Å². The molecule has 1 aromatic heterocycles. The Morgan fingerprint density at radius 1 is 0.778 bits per heavy atom. The number of ether oxygens (including phenoxy) is 4. The number of rotatable bonds is 8. The third kappa shape index (κ3) is 6.30. The zero-order valence-corrected chi connectivity index (χ0v) is 23.7. The number of hydrogen-bond donors (Lipinski definition) is 10. The van der Waals surface area contributed by atoms with Gasteiger partial charge in [-0.05, 0) is 49.2 Å². The monoisotopic (exact) mass is 638 g/mol. The molecular weight excluding hydrogens is 604 g/mol. The second-order valence-corrected chi connectivity index (χ2v) is 10.9. The molecule has 2 aliphatic heterocycles. The average Bonchev–Trinajstić information content (AvgIpc) is 3.00. The molecule has 0 unspecified atom stereocenters. The van der Waals surface area contributed by atoms with Gasteiger partial charge in [-0.2, -0.15) is 0 Å². The molecule has 246 valence electrons. The molecule has 16 heteroatoms. The predicted octanol–water partition coefficient (Wildman–Crippen LogP) is -1.86. The number of hydrogen-bond acceptors (Lipinski definition) is 16. The summed E-state index contributed by atoms with van der Waals surface area (Å²) >= 11 is 0. The van der Waals surface area contributed by atoms with Gasteiger partial charge in [-0.1, -0.05) is 0 Å². The second-order valence-electron chi connectivity index (χ2n) is 10.9. The maximum atomic E-state index is 13.8. The van der Waals surface area contributed by atoms with Crippen LogP contribution in [0.4, 0.5) is 0 Å². The van der Waals surface area contributed by atoms with Crippen LogP contribution in [0.5, 0.6) is 23.0 Å². The zero-order chi connectivity index (χ0) is 32.7. The summed E-state index contributed by atoms with van der Waals surface area (Å²) in [6.45, 7) is 0.567. The van der Waals surface area contributed by atoms with E-state index in [1.54, 1.807) is 0 Å². The molecule has 0 saturated carbocycles. The molecular formula is C29H34O16. The molecule has 0 bridgehead atoms. The van der Waals surface area contributed by atoms with Gasteiger partial charge in [-0.3, -0.25) is 4.79 Å². The third-order valence-electron chi connectivity index (χ3n) is 7.77. The van der Waals surface area contributed by atoms with Gasteiger partial charge >= 0.3 is 0 Å². The van der Waals surface area contributed by atoms with E-state index in [4.69, 9.17) is 23.4 Å². The van der Waals surface area contributed by atoms with Gasteiger partial charge in [0, 0.05) is 12.2 Å². The molecule has 2 saturated heterocycles. The highest BCUT2D eigenvalue weighted by Crippen LogP contribution is 2.39. The van der Waals surface area contributed by atoms with Crippen LogP contribution in [0.15, 0.2) is 39.5 Å². The number of phenolic OH excluding ortho intramolecular Hbond substituents is 3. The first-order valence-corrected chi connectivity index (χ1v) is 14.0. The summed E-state index contributed by atoms with van der Waals surface area (Å²) in [6.07, 6.45) is -16.0. The lowest BCUT2D eigenvalue weighted by Crippen LogP contribution is -2.61. The van der Waals surface area contributed by atoms with Crippen LogP contribution in [0.2, 0.25) is 0 Å². The molecule has 2 aromatic carbocycles. The van der Waals surface area contributed by atoms with E-state index in [1.807, 2.05) is 0 Å². The summed E-state index contributed by atoms with van der Waals surface area (Å²) in [5.74, 6) is -2.58. The lowest BCUT2D eigenvalue weighted by molar-refractivity contribution is -0.318. The molecule has 10 N–H and O–H groups in total. The maximum Gasteiger partial charge on any atom is 0.239 e. The molecule has 0 aliphatic carbocycles. The SMILES string of the molecule is C[C@@H]1O[C@@H](OC[C@H]2O[C@@H](Oc3c(-c4ccc(O)c(O)c4)oc4cc(CCO)cc(O)c4c3=O)[C@H](O)[C@@H](O)[C@@H]2O)[C@H](O)[C@H](O)[C@H]1O. The summed E-state index contributed by atoms with van der Waals surface area (Å²) in [6, 6.07) is 6.08. The summed E-state index contributed by atoms with van der Waals surface area (Å²) in [5.41, 5.74) is -0.655. The summed E-state index contributed by atoms with van der Waals surface area (Å²) in [5, 5.41) is 102. The average molecular weight is 639 g/mol. The van der Waals surface area contributed by atoms with Crippen molar-refractivity contribution in [2.45, 2.75) is 74.8 Å². The number of aromatic hydroxyl groups is 3. The van der Waals surface area contributed by atoms with E-state index < -0.39 is 96.4 Å². The van der Waals surface area contributed by atoms with Gasteiger partial charge in [0.05, 0.1) is 12.7 Å². The van der Waals surface area contributed by atoms with E-state index in [0.29, 0.717) is 5.56 Å². The molecule has 0 spiro atoms. The van der Waals surface area contributed by atoms with Gasteiger partial charge in [0.1, 0.15) is 59.4 Å². The molecule has 10 atom stereocenters. The van der Waals surface area contributed by atoms with Crippen molar-refractivity contribution in [3.8, 4) is 34.3 Å². The summed E-state index contributed by atoms with van der Waals surface area (Å²) in [7, 11) is 0. The largest absolute Gasteiger partial charge is 0.507 e. The first kappa shape index (κ1) is 32.8. The number of phenols is 3. The molecule has 5 rings (SSSR count). The van der Waals surface area contributed by atoms with Gasteiger partial charge in [0.25, 0.3) is 0 Å². The minimum absolute atomic E-state index is 0.00965. The molecule has 16 nitrogen and oxygen atoms in total. The van der Waals surface area contributed by atoms with Crippen LogP contribution in [0.3, 0.4) is 0 Å². The van der Waals surface area contributed by atoms with Crippen LogP contribution in [0, 0.1) is 0 Å². The van der Waals surface area contributed by atoms with Crippen LogP contribution >= 0.6 is 0 Å². The minimum Gasteiger partial charge on any atom is -0.507 e. The highest BCUT2D eigenvalue weighted by molar-refractivity contribution is 5.88. The first-order chi connectivity index (χ1) is 21.3. The van der Waals surface area contributed by atoms with Crippen LogP contribution in [-0.4, -0.2) is 126 Å². The van der Waals surface area contributed by atoms with Crippen molar-refractivity contribution in [3.63, 3.8) is 0 Å². The minimum atomic E-state index is -1.96. The van der Waals surface area contributed by atoms with Gasteiger partial charge in [-0.25, -0.2) is 0 Å². The van der Waals surface area contributed by atoms with Crippen molar-refractivity contribution in [2.75, 3.05) is 13.2 Å². The van der Waals surface area contributed by atoms with Crippen molar-refractivity contribution in [1.29, 1.82) is 0 Å². The van der Waals surface area contributed by atoms with Crippen molar-refractivity contribution >= 4 is 11.0 Å². The maximum absolute atomic E-state index is 13.8. The Hall–Kier alpha value is -3.55. The smallest absolute Gasteiger partial charge is 0.239 e. The molecule has 45 heavy (non-hydrogen) atoms. The van der Waals surface area contributed by atoms with E-state index in [0.717, 1.165) is 12.1 Å². The highest BCUT2D eigenvalue weighted by atomic mass is 16.7. The van der Waals surface area contributed by atoms with Gasteiger partial charge in [0.15, 0.2) is 23.5 Å². The zero-order valence-electron chi connectivity index (χ0n) is 23.7. The number of benzene rings is 2. The Bertz CT molecular complexity index is 1570. The quantitative estimate of drug-likeness (QED) is 0.121. The topological polar surface area (TPSA) is 269 Å². The van der Waals surface area contributed by atoms with E-state index >= 15 is 0 Å². The van der Waals surface area contributed by atoms with Gasteiger partial charge in [0.2, 0.25) is 17.5 Å². The number of aliphatic hydroxyl groups is 7. The van der Waals surface area contributed by atoms with Crippen molar-refractivity contribution < 1.29 is 74.4 Å². The normalized spacial score (nSPS) is 32.1. The first-order valence-electron chi connectivity index (χ1n) is 14.0. The molecule has 3 aromatic rings. The number of aliphatic hydroxyl groups excluding tert-OH is 7. The molecule has 2 aliphatic rings. The van der Waals surface area contributed by atoms with Gasteiger partial charge in [-0.15, -0.1) is 0 Å². The van der Waals surface area contributed by atoms with E-state index in [2.05, 4.69) is 0 Å². The van der Waals surface area contributed by atoms with Crippen molar-refractivity contribution in [1.82, 2.24) is 0 Å². The molecule has 3 heterocycles. The second kappa shape index (κ2) is 13.1. The van der Waals surface area contributed by atoms with Crippen molar-refractivity contribution in [2.24, 2.45) is 0 Å². The van der Waals surface area contributed by atoms with E-state index in [9.17, 15) is 55.9 Å². The van der Waals surface area contributed by atoms with Crippen LogP contribution in [-0.2, 0) is 20.6 Å². The molecule has 2 fully saturated rings. The summed E-state index contributed by atoms with van der Waals surface area (Å²) < 4.78 is 28.1. The summed E-state index contributed by atoms with van der Waals surface area (Å²) in [4.78, 5) is 13.8. The van der Waals surface area contributed by atoms with Crippen LogP contribution in [0.1, 0.15) is 12.5 Å². The number of fused-ring (bicyclic) bond motifs is 1. The van der Waals surface area contributed by atoms with Gasteiger partial charge < -0.3 is 74.4 Å². The Labute approximate surface area is 254 Å². The fourth-order valence-electron chi connectivity index (χ4n) is 5.18. The van der Waals surface area contributed by atoms with Crippen LogP contribution in [0.25, 0.3) is 22.3 Å². The lowest BCUT2D eigenvalue weighted by Gasteiger charge is -2.42. The Morgan fingerprint density at radius 2 is 1.47 bits per heavy atom. The van der Waals surface area contributed by atoms with Crippen molar-refractivity contribution in [3.05, 3.63) is 46.1 Å². The standard InChI is InChI=1S/C29H34O16/c1-10-19(34)22(37)24(39)28(42-10)41-9-17-20(35)23(38)25(40)29(44-17)45-27-21(36)18-15(33)6-11(4-5-30)7-16(18)43-26(27)12-2-3-13(31)14(32)8-12/h2-3,6-8,10,17,19-20,22-25,28-35,37-40H,4-5,9H2,1H3/t10-,17+,19-,20+,22+,23-,24+,25+,28+,29-/m0/s1. The highest BCUT2D eigenvalue weighted by Gasteiger charge is 2.47. The predicted molar refractivity (Wildman–Crippen MR) is 149 cm³/mol. The third-order valence-corrected chi connectivity index (χ3v) is 7.77. The van der Waals surface area contributed by atoms with E-state index in [-0.39, 0.29) is 35.3 Å². The lowest BCUT2D eigenvalue weighted by atomic mass is 9.98. The fourth-order valence-corrected chi connectivity index (χ4v) is 5.18. The Kier molecular flexibility index (Phi) is 9.52. The molecule has 0 radical (unpaired) electrons. The van der Waals surface area contributed by atoms with E-state index in [1.165, 1.54) is 25.1 Å². The molecule has 0 amide bonds. The Morgan fingerprint density at radius 3 is 2.16 bits per heavy atom. The fraction of sp³-hybridized carbons (Fsp3) is 0.483.